The quantitative estimate of drug-likeness (QED) is 0.897. The second kappa shape index (κ2) is 5.76. The van der Waals surface area contributed by atoms with E-state index in [1.165, 1.54) is 19.8 Å². The third-order valence-corrected chi connectivity index (χ3v) is 4.16. The van der Waals surface area contributed by atoms with Gasteiger partial charge >= 0.3 is 6.03 Å². The Labute approximate surface area is 124 Å². The van der Waals surface area contributed by atoms with Gasteiger partial charge in [0, 0.05) is 30.9 Å². The number of anilines is 2. The first kappa shape index (κ1) is 13.9. The molecule has 0 spiro atoms. The molecule has 2 aliphatic rings. The molecule has 1 heterocycles. The molecule has 1 saturated heterocycles. The highest BCUT2D eigenvalue weighted by atomic mass is 16.2. The molecule has 112 valence electrons. The molecule has 1 atom stereocenters. The number of likely N-dealkylation sites (tertiary alicyclic amines) is 1. The molecule has 0 radical (unpaired) electrons. The van der Waals surface area contributed by atoms with E-state index in [9.17, 15) is 9.59 Å². The summed E-state index contributed by atoms with van der Waals surface area (Å²) >= 11 is 0. The van der Waals surface area contributed by atoms with Gasteiger partial charge in [-0.15, -0.1) is 0 Å². The summed E-state index contributed by atoms with van der Waals surface area (Å²) in [6.07, 6.45) is 4.74. The Kier molecular flexibility index (Phi) is 3.82. The van der Waals surface area contributed by atoms with Crippen molar-refractivity contribution in [3.05, 3.63) is 24.3 Å². The molecule has 1 unspecified atom stereocenters. The van der Waals surface area contributed by atoms with E-state index in [-0.39, 0.29) is 11.9 Å². The third kappa shape index (κ3) is 3.35. The summed E-state index contributed by atoms with van der Waals surface area (Å²) in [6.45, 7) is 2.31. The molecule has 3 amide bonds. The maximum absolute atomic E-state index is 12.4. The van der Waals surface area contributed by atoms with Gasteiger partial charge in [0.2, 0.25) is 5.91 Å². The molecule has 0 bridgehead atoms. The SMILES string of the molecule is CC(=O)Nc1cccc(NC(=O)N2CCCC2C2CC2)c1. The van der Waals surface area contributed by atoms with E-state index in [2.05, 4.69) is 10.6 Å². The number of carbonyl (C=O) groups is 2. The standard InChI is InChI=1S/C16H21N3O2/c1-11(20)17-13-4-2-5-14(10-13)18-16(21)19-9-3-6-15(19)12-7-8-12/h2,4-5,10,12,15H,3,6-9H2,1H3,(H,17,20)(H,18,21). The zero-order valence-electron chi connectivity index (χ0n) is 12.3. The second-order valence-electron chi connectivity index (χ2n) is 5.93. The molecule has 5 nitrogen and oxygen atoms in total. The average molecular weight is 287 g/mol. The molecule has 5 heteroatoms. The van der Waals surface area contributed by atoms with Crippen LogP contribution in [-0.2, 0) is 4.79 Å². The zero-order valence-corrected chi connectivity index (χ0v) is 12.3. The zero-order chi connectivity index (χ0) is 14.8. The van der Waals surface area contributed by atoms with Crippen LogP contribution >= 0.6 is 0 Å². The minimum Gasteiger partial charge on any atom is -0.326 e. The lowest BCUT2D eigenvalue weighted by molar-refractivity contribution is -0.114. The maximum atomic E-state index is 12.4. The summed E-state index contributed by atoms with van der Waals surface area (Å²) in [5, 5.41) is 5.67. The monoisotopic (exact) mass is 287 g/mol. The van der Waals surface area contributed by atoms with Crippen molar-refractivity contribution in [1.82, 2.24) is 4.90 Å². The van der Waals surface area contributed by atoms with Crippen molar-refractivity contribution in [2.45, 2.75) is 38.6 Å². The van der Waals surface area contributed by atoms with Crippen molar-refractivity contribution in [2.75, 3.05) is 17.2 Å². The Hall–Kier alpha value is -2.04. The van der Waals surface area contributed by atoms with E-state index >= 15 is 0 Å². The minimum atomic E-state index is -0.119. The number of benzene rings is 1. The molecule has 0 aromatic heterocycles. The van der Waals surface area contributed by atoms with Gasteiger partial charge in [0.1, 0.15) is 0 Å². The lowest BCUT2D eigenvalue weighted by Gasteiger charge is -2.25. The predicted octanol–water partition coefficient (Wildman–Crippen LogP) is 3.05. The fraction of sp³-hybridized carbons (Fsp3) is 0.500. The number of carbonyl (C=O) groups excluding carboxylic acids is 2. The van der Waals surface area contributed by atoms with Crippen molar-refractivity contribution in [3.63, 3.8) is 0 Å². The Morgan fingerprint density at radius 1 is 1.14 bits per heavy atom. The second-order valence-corrected chi connectivity index (χ2v) is 5.93. The third-order valence-electron chi connectivity index (χ3n) is 4.16. The summed E-state index contributed by atoms with van der Waals surface area (Å²) in [7, 11) is 0. The van der Waals surface area contributed by atoms with E-state index < -0.39 is 0 Å². The molecular formula is C16H21N3O2. The Morgan fingerprint density at radius 2 is 1.86 bits per heavy atom. The Morgan fingerprint density at radius 3 is 2.52 bits per heavy atom. The fourth-order valence-electron chi connectivity index (χ4n) is 3.09. The number of rotatable bonds is 3. The topological polar surface area (TPSA) is 61.4 Å². The van der Waals surface area contributed by atoms with Gasteiger partial charge in [0.05, 0.1) is 0 Å². The van der Waals surface area contributed by atoms with Crippen LogP contribution in [0.5, 0.6) is 0 Å². The molecule has 2 N–H and O–H groups in total. The Bertz CT molecular complexity index is 554. The van der Waals surface area contributed by atoms with Crippen LogP contribution in [0.2, 0.25) is 0 Å². The molecule has 3 rings (SSSR count). The molecule has 1 aromatic rings. The highest BCUT2D eigenvalue weighted by Crippen LogP contribution is 2.40. The predicted molar refractivity (Wildman–Crippen MR) is 82.2 cm³/mol. The summed E-state index contributed by atoms with van der Waals surface area (Å²) in [4.78, 5) is 25.5. The normalized spacial score (nSPS) is 21.2. The number of urea groups is 1. The molecule has 1 aliphatic heterocycles. The lowest BCUT2D eigenvalue weighted by atomic mass is 10.1. The van der Waals surface area contributed by atoms with E-state index in [1.54, 1.807) is 12.1 Å². The van der Waals surface area contributed by atoms with Crippen molar-refractivity contribution < 1.29 is 9.59 Å². The first-order valence-electron chi connectivity index (χ1n) is 7.59. The molecule has 2 fully saturated rings. The van der Waals surface area contributed by atoms with Gasteiger partial charge in [-0.3, -0.25) is 4.79 Å². The maximum Gasteiger partial charge on any atom is 0.322 e. The number of hydrogen-bond acceptors (Lipinski definition) is 2. The van der Waals surface area contributed by atoms with Gasteiger partial charge in [-0.05, 0) is 49.8 Å². The summed E-state index contributed by atoms with van der Waals surface area (Å²) in [5.41, 5.74) is 1.41. The van der Waals surface area contributed by atoms with Crippen LogP contribution in [0.15, 0.2) is 24.3 Å². The van der Waals surface area contributed by atoms with Crippen LogP contribution in [-0.4, -0.2) is 29.4 Å². The first-order chi connectivity index (χ1) is 10.1. The summed E-state index contributed by atoms with van der Waals surface area (Å²) in [5.74, 6) is 0.593. The molecular weight excluding hydrogens is 266 g/mol. The van der Waals surface area contributed by atoms with Crippen LogP contribution in [0.1, 0.15) is 32.6 Å². The lowest BCUT2D eigenvalue weighted by Crippen LogP contribution is -2.39. The number of amides is 3. The van der Waals surface area contributed by atoms with Crippen molar-refractivity contribution in [1.29, 1.82) is 0 Å². The number of nitrogens with one attached hydrogen (secondary N) is 2. The number of hydrogen-bond donors (Lipinski definition) is 2. The van der Waals surface area contributed by atoms with Gasteiger partial charge in [-0.25, -0.2) is 4.79 Å². The van der Waals surface area contributed by atoms with E-state index in [1.807, 2.05) is 17.0 Å². The van der Waals surface area contributed by atoms with Crippen molar-refractivity contribution >= 4 is 23.3 Å². The van der Waals surface area contributed by atoms with E-state index in [4.69, 9.17) is 0 Å². The largest absolute Gasteiger partial charge is 0.326 e. The minimum absolute atomic E-state index is 0.0237. The van der Waals surface area contributed by atoms with Crippen molar-refractivity contribution in [2.24, 2.45) is 5.92 Å². The van der Waals surface area contributed by atoms with Crippen LogP contribution in [0.4, 0.5) is 16.2 Å². The van der Waals surface area contributed by atoms with Gasteiger partial charge < -0.3 is 15.5 Å². The van der Waals surface area contributed by atoms with Gasteiger partial charge in [-0.1, -0.05) is 6.07 Å². The summed E-state index contributed by atoms with van der Waals surface area (Å²) in [6, 6.07) is 7.64. The Balaban J connectivity index is 1.65. The fourth-order valence-corrected chi connectivity index (χ4v) is 3.09. The molecule has 1 aliphatic carbocycles. The van der Waals surface area contributed by atoms with Crippen LogP contribution in [0, 0.1) is 5.92 Å². The van der Waals surface area contributed by atoms with Gasteiger partial charge in [0.25, 0.3) is 0 Å². The molecule has 21 heavy (non-hydrogen) atoms. The molecule has 1 aromatic carbocycles. The van der Waals surface area contributed by atoms with Gasteiger partial charge in [0.15, 0.2) is 0 Å². The number of nitrogens with zero attached hydrogens (tertiary/aromatic N) is 1. The van der Waals surface area contributed by atoms with Crippen LogP contribution < -0.4 is 10.6 Å². The average Bonchev–Trinajstić information content (AvgIpc) is 3.15. The van der Waals surface area contributed by atoms with Crippen LogP contribution in [0.3, 0.4) is 0 Å². The molecule has 1 saturated carbocycles. The van der Waals surface area contributed by atoms with Crippen molar-refractivity contribution in [3.8, 4) is 0 Å². The highest BCUT2D eigenvalue weighted by molar-refractivity contribution is 5.92. The highest BCUT2D eigenvalue weighted by Gasteiger charge is 2.39. The van der Waals surface area contributed by atoms with E-state index in [0.717, 1.165) is 19.4 Å². The smallest absolute Gasteiger partial charge is 0.322 e. The van der Waals surface area contributed by atoms with E-state index in [0.29, 0.717) is 23.3 Å². The van der Waals surface area contributed by atoms with Gasteiger partial charge in [-0.2, -0.15) is 0 Å². The summed E-state index contributed by atoms with van der Waals surface area (Å²) < 4.78 is 0. The van der Waals surface area contributed by atoms with Crippen LogP contribution in [0.25, 0.3) is 0 Å². The first-order valence-corrected chi connectivity index (χ1v) is 7.59.